The number of rotatable bonds is 3. The Kier molecular flexibility index (Phi) is 6.09. The van der Waals surface area contributed by atoms with Crippen LogP contribution < -0.4 is 0 Å². The van der Waals surface area contributed by atoms with Crippen LogP contribution in [0.2, 0.25) is 0 Å². The van der Waals surface area contributed by atoms with Crippen molar-refractivity contribution in [2.24, 2.45) is 0 Å². The molecule has 2 nitrogen and oxygen atoms in total. The predicted octanol–water partition coefficient (Wildman–Crippen LogP) is 15.1. The van der Waals surface area contributed by atoms with Gasteiger partial charge in [-0.1, -0.05) is 140 Å². The monoisotopic (exact) mass is 686 g/mol. The summed E-state index contributed by atoms with van der Waals surface area (Å²) in [6.45, 7) is 0. The molecule has 0 aliphatic heterocycles. The second kappa shape index (κ2) is 11.2. The van der Waals surface area contributed by atoms with Crippen molar-refractivity contribution in [3.8, 4) is 33.4 Å². The highest BCUT2D eigenvalue weighted by molar-refractivity contribution is 6.28. The summed E-state index contributed by atoms with van der Waals surface area (Å²) in [5.41, 5.74) is 10.6. The molecule has 2 heterocycles. The van der Waals surface area contributed by atoms with E-state index in [9.17, 15) is 0 Å². The van der Waals surface area contributed by atoms with Gasteiger partial charge in [-0.15, -0.1) is 0 Å². The molecule has 0 saturated carbocycles. The summed E-state index contributed by atoms with van der Waals surface area (Å²) in [6, 6.07) is 65.7. The minimum atomic E-state index is 0.840. The van der Waals surface area contributed by atoms with Crippen molar-refractivity contribution in [1.29, 1.82) is 0 Å². The summed E-state index contributed by atoms with van der Waals surface area (Å²) in [7, 11) is 0. The molecule has 0 atom stereocenters. The van der Waals surface area contributed by atoms with Crippen molar-refractivity contribution in [1.82, 2.24) is 0 Å². The Morgan fingerprint density at radius 3 is 1.56 bits per heavy atom. The first kappa shape index (κ1) is 29.4. The summed E-state index contributed by atoms with van der Waals surface area (Å²) in [4.78, 5) is 0. The molecule has 0 unspecified atom stereocenters. The lowest BCUT2D eigenvalue weighted by Gasteiger charge is -2.18. The molecular formula is C52H30O2. The highest BCUT2D eigenvalue weighted by Crippen LogP contribution is 2.46. The lowest BCUT2D eigenvalue weighted by molar-refractivity contribution is 0.663. The van der Waals surface area contributed by atoms with E-state index < -0.39 is 0 Å². The second-order valence-corrected chi connectivity index (χ2v) is 14.4. The average molecular weight is 687 g/mol. The number of benzene rings is 10. The van der Waals surface area contributed by atoms with Gasteiger partial charge in [-0.05, 0) is 119 Å². The van der Waals surface area contributed by atoms with Gasteiger partial charge in [0.05, 0.1) is 5.39 Å². The maximum absolute atomic E-state index is 6.80. The van der Waals surface area contributed by atoms with Gasteiger partial charge in [0.25, 0.3) is 0 Å². The van der Waals surface area contributed by atoms with Crippen LogP contribution in [0.15, 0.2) is 191 Å². The summed E-state index contributed by atoms with van der Waals surface area (Å²) < 4.78 is 13.2. The zero-order chi connectivity index (χ0) is 35.3. The van der Waals surface area contributed by atoms with E-state index in [0.29, 0.717) is 0 Å². The molecule has 250 valence electrons. The van der Waals surface area contributed by atoms with Gasteiger partial charge in [0, 0.05) is 16.2 Å². The van der Waals surface area contributed by atoms with Crippen LogP contribution in [0.5, 0.6) is 0 Å². The zero-order valence-corrected chi connectivity index (χ0v) is 29.1. The first-order chi connectivity index (χ1) is 26.8. The van der Waals surface area contributed by atoms with Crippen molar-refractivity contribution < 1.29 is 8.83 Å². The Morgan fingerprint density at radius 2 is 0.796 bits per heavy atom. The molecule has 12 aromatic rings. The molecule has 2 aromatic heterocycles. The second-order valence-electron chi connectivity index (χ2n) is 14.4. The van der Waals surface area contributed by atoms with Crippen molar-refractivity contribution in [2.75, 3.05) is 0 Å². The number of fused-ring (bicyclic) bond motifs is 12. The Bertz CT molecular complexity index is 3450. The van der Waals surface area contributed by atoms with Gasteiger partial charge in [0.1, 0.15) is 22.3 Å². The molecule has 54 heavy (non-hydrogen) atoms. The number of furan rings is 2. The van der Waals surface area contributed by atoms with Gasteiger partial charge in [-0.25, -0.2) is 0 Å². The molecule has 0 saturated heterocycles. The van der Waals surface area contributed by atoms with Gasteiger partial charge < -0.3 is 8.83 Å². The lowest BCUT2D eigenvalue weighted by Crippen LogP contribution is -1.91. The van der Waals surface area contributed by atoms with Crippen LogP contribution in [0, 0.1) is 0 Å². The minimum Gasteiger partial charge on any atom is -0.456 e. The smallest absolute Gasteiger partial charge is 0.147 e. The van der Waals surface area contributed by atoms with Gasteiger partial charge in [-0.3, -0.25) is 0 Å². The van der Waals surface area contributed by atoms with Crippen LogP contribution in [0.1, 0.15) is 0 Å². The summed E-state index contributed by atoms with van der Waals surface area (Å²) in [5, 5.41) is 14.2. The Labute approximate surface area is 310 Å². The molecule has 0 bridgehead atoms. The zero-order valence-electron chi connectivity index (χ0n) is 29.1. The summed E-state index contributed by atoms with van der Waals surface area (Å²) in [5.74, 6) is 0. The predicted molar refractivity (Wildman–Crippen MR) is 227 cm³/mol. The molecule has 0 spiro atoms. The van der Waals surface area contributed by atoms with Crippen molar-refractivity contribution in [2.45, 2.75) is 0 Å². The molecular weight excluding hydrogens is 657 g/mol. The topological polar surface area (TPSA) is 26.3 Å². The van der Waals surface area contributed by atoms with Gasteiger partial charge >= 0.3 is 0 Å². The molecule has 0 fully saturated rings. The number of hydrogen-bond donors (Lipinski definition) is 0. The SMILES string of the molecule is c1cc(-c2ccc3c(c2)oc2c3ccc3oc4ccc5ccccc5c4c32)cc(-c2c3ccccc3c(-c3ccc4ccccc4c3)c3ccccc23)c1. The van der Waals surface area contributed by atoms with Gasteiger partial charge in [-0.2, -0.15) is 0 Å². The van der Waals surface area contributed by atoms with E-state index >= 15 is 0 Å². The van der Waals surface area contributed by atoms with Crippen molar-refractivity contribution in [3.05, 3.63) is 182 Å². The third kappa shape index (κ3) is 4.22. The van der Waals surface area contributed by atoms with Crippen LogP contribution in [-0.4, -0.2) is 0 Å². The molecule has 0 amide bonds. The fourth-order valence-electron chi connectivity index (χ4n) is 8.99. The maximum Gasteiger partial charge on any atom is 0.147 e. The average Bonchev–Trinajstić information content (AvgIpc) is 3.81. The molecule has 12 rings (SSSR count). The van der Waals surface area contributed by atoms with Gasteiger partial charge in [0.15, 0.2) is 0 Å². The first-order valence-corrected chi connectivity index (χ1v) is 18.5. The van der Waals surface area contributed by atoms with E-state index in [4.69, 9.17) is 8.83 Å². The fourth-order valence-corrected chi connectivity index (χ4v) is 8.99. The van der Waals surface area contributed by atoms with Crippen LogP contribution >= 0.6 is 0 Å². The lowest BCUT2D eigenvalue weighted by atomic mass is 9.85. The quantitative estimate of drug-likeness (QED) is 0.173. The standard InChI is InChI=1S/C52H30O2/c1-2-12-33-28-37(21-20-31(33)10-1)49-42-18-7-5-16-40(42)48(41-17-6-8-19-43(41)49)36-14-9-13-34(29-36)35-22-24-39-44-25-27-46-51(52(44)54-47(39)30-35)50-38-15-4-3-11-32(38)23-26-45(50)53-46/h1-30H. The number of hydrogen-bond acceptors (Lipinski definition) is 2. The van der Waals surface area contributed by atoms with E-state index in [1.807, 2.05) is 0 Å². The van der Waals surface area contributed by atoms with Crippen molar-refractivity contribution >= 4 is 87.0 Å². The summed E-state index contributed by atoms with van der Waals surface area (Å²) in [6.07, 6.45) is 0. The molecule has 0 radical (unpaired) electrons. The first-order valence-electron chi connectivity index (χ1n) is 18.5. The Balaban J connectivity index is 1.04. The summed E-state index contributed by atoms with van der Waals surface area (Å²) >= 11 is 0. The highest BCUT2D eigenvalue weighted by Gasteiger charge is 2.20. The molecule has 10 aromatic carbocycles. The third-order valence-electron chi connectivity index (χ3n) is 11.4. The Morgan fingerprint density at radius 1 is 0.259 bits per heavy atom. The fraction of sp³-hybridized carbons (Fsp3) is 0. The Hall–Kier alpha value is -7.16. The normalized spacial score (nSPS) is 12.1. The van der Waals surface area contributed by atoms with E-state index in [1.54, 1.807) is 0 Å². The van der Waals surface area contributed by atoms with Crippen LogP contribution in [0.25, 0.3) is 120 Å². The van der Waals surface area contributed by atoms with Crippen LogP contribution in [0.3, 0.4) is 0 Å². The van der Waals surface area contributed by atoms with E-state index in [1.165, 1.54) is 65.3 Å². The minimum absolute atomic E-state index is 0.840. The molecule has 0 aliphatic rings. The van der Waals surface area contributed by atoms with Crippen molar-refractivity contribution in [3.63, 3.8) is 0 Å². The third-order valence-corrected chi connectivity index (χ3v) is 11.4. The maximum atomic E-state index is 6.80. The van der Waals surface area contributed by atoms with Crippen LogP contribution in [0.4, 0.5) is 0 Å². The van der Waals surface area contributed by atoms with E-state index in [2.05, 4.69) is 182 Å². The highest BCUT2D eigenvalue weighted by atomic mass is 16.3. The van der Waals surface area contributed by atoms with E-state index in [-0.39, 0.29) is 0 Å². The van der Waals surface area contributed by atoms with E-state index in [0.717, 1.165) is 55.0 Å². The molecule has 2 heteroatoms. The molecule has 0 aliphatic carbocycles. The largest absolute Gasteiger partial charge is 0.456 e. The molecule has 0 N–H and O–H groups in total. The van der Waals surface area contributed by atoms with Crippen LogP contribution in [-0.2, 0) is 0 Å². The van der Waals surface area contributed by atoms with Gasteiger partial charge in [0.2, 0.25) is 0 Å².